The number of methoxy groups -OCH3 is 1. The second kappa shape index (κ2) is 7.85. The van der Waals surface area contributed by atoms with Crippen molar-refractivity contribution in [2.45, 2.75) is 0 Å². The molecule has 0 atom stereocenters. The minimum absolute atomic E-state index is 0.133. The Balaban J connectivity index is 1.66. The highest BCUT2D eigenvalue weighted by molar-refractivity contribution is 5.69. The summed E-state index contributed by atoms with van der Waals surface area (Å²) in [7, 11) is 1.63. The van der Waals surface area contributed by atoms with E-state index in [1.807, 2.05) is 29.2 Å². The van der Waals surface area contributed by atoms with Crippen LogP contribution in [-0.4, -0.2) is 73.9 Å². The van der Waals surface area contributed by atoms with Crippen molar-refractivity contribution in [2.75, 3.05) is 53.0 Å². The number of carbonyl (C=O) groups is 1. The molecule has 1 aliphatic heterocycles. The van der Waals surface area contributed by atoms with Gasteiger partial charge in [-0.05, 0) is 12.1 Å². The number of benzene rings is 1. The predicted molar refractivity (Wildman–Crippen MR) is 79.0 cm³/mol. The summed E-state index contributed by atoms with van der Waals surface area (Å²) in [5.74, 6) is 0.832. The van der Waals surface area contributed by atoms with Crippen molar-refractivity contribution in [1.82, 2.24) is 9.80 Å². The molecule has 0 aromatic heterocycles. The molecule has 21 heavy (non-hydrogen) atoms. The van der Waals surface area contributed by atoms with Crippen LogP contribution in [0.2, 0.25) is 0 Å². The number of ether oxygens (including phenoxy) is 2. The van der Waals surface area contributed by atoms with Crippen LogP contribution in [-0.2, 0) is 4.79 Å². The second-order valence-corrected chi connectivity index (χ2v) is 5.04. The van der Waals surface area contributed by atoms with E-state index in [-0.39, 0.29) is 6.54 Å². The molecular formula is C15H22N2O4. The molecule has 1 fully saturated rings. The van der Waals surface area contributed by atoms with Crippen LogP contribution >= 0.6 is 0 Å². The molecule has 1 aliphatic rings. The van der Waals surface area contributed by atoms with Crippen LogP contribution in [0.15, 0.2) is 24.3 Å². The highest BCUT2D eigenvalue weighted by atomic mass is 16.5. The Morgan fingerprint density at radius 3 is 2.52 bits per heavy atom. The number of piperazine rings is 1. The van der Waals surface area contributed by atoms with Crippen LogP contribution in [0.3, 0.4) is 0 Å². The maximum Gasteiger partial charge on any atom is 0.317 e. The topological polar surface area (TPSA) is 62.2 Å². The molecule has 1 aromatic carbocycles. The molecule has 116 valence electrons. The van der Waals surface area contributed by atoms with Crippen LogP contribution in [0.4, 0.5) is 0 Å². The van der Waals surface area contributed by atoms with Crippen LogP contribution < -0.4 is 9.47 Å². The third-order valence-electron chi connectivity index (χ3n) is 3.54. The van der Waals surface area contributed by atoms with Gasteiger partial charge in [-0.1, -0.05) is 6.07 Å². The molecule has 1 heterocycles. The van der Waals surface area contributed by atoms with E-state index in [9.17, 15) is 4.79 Å². The first kappa shape index (κ1) is 15.6. The van der Waals surface area contributed by atoms with Gasteiger partial charge >= 0.3 is 5.97 Å². The summed E-state index contributed by atoms with van der Waals surface area (Å²) < 4.78 is 10.9. The van der Waals surface area contributed by atoms with E-state index in [2.05, 4.69) is 4.90 Å². The molecule has 0 spiro atoms. The lowest BCUT2D eigenvalue weighted by Crippen LogP contribution is -2.48. The van der Waals surface area contributed by atoms with Gasteiger partial charge in [0.1, 0.15) is 18.1 Å². The summed E-state index contributed by atoms with van der Waals surface area (Å²) in [5, 5.41) is 8.76. The van der Waals surface area contributed by atoms with Gasteiger partial charge < -0.3 is 14.6 Å². The lowest BCUT2D eigenvalue weighted by molar-refractivity contribution is -0.138. The van der Waals surface area contributed by atoms with Crippen molar-refractivity contribution < 1.29 is 19.4 Å². The Hall–Kier alpha value is -1.79. The minimum Gasteiger partial charge on any atom is -0.497 e. The monoisotopic (exact) mass is 294 g/mol. The quantitative estimate of drug-likeness (QED) is 0.802. The zero-order valence-corrected chi connectivity index (χ0v) is 12.3. The summed E-state index contributed by atoms with van der Waals surface area (Å²) in [4.78, 5) is 14.9. The first-order valence-electron chi connectivity index (χ1n) is 7.11. The molecule has 0 saturated carbocycles. The highest BCUT2D eigenvalue weighted by Gasteiger charge is 2.18. The molecule has 0 unspecified atom stereocenters. The molecule has 0 amide bonds. The van der Waals surface area contributed by atoms with Gasteiger partial charge in [0.05, 0.1) is 13.7 Å². The SMILES string of the molecule is COc1cccc(OCCN2CCN(CC(=O)O)CC2)c1. The summed E-state index contributed by atoms with van der Waals surface area (Å²) in [6, 6.07) is 7.56. The van der Waals surface area contributed by atoms with E-state index in [4.69, 9.17) is 14.6 Å². The third-order valence-corrected chi connectivity index (χ3v) is 3.54. The van der Waals surface area contributed by atoms with Gasteiger partial charge in [-0.3, -0.25) is 14.6 Å². The Bertz CT molecular complexity index is 459. The number of hydrogen-bond donors (Lipinski definition) is 1. The zero-order valence-electron chi connectivity index (χ0n) is 12.3. The number of carboxylic acids is 1. The second-order valence-electron chi connectivity index (χ2n) is 5.04. The summed E-state index contributed by atoms with van der Waals surface area (Å²) in [6.07, 6.45) is 0. The van der Waals surface area contributed by atoms with Gasteiger partial charge in [-0.2, -0.15) is 0 Å². The Kier molecular flexibility index (Phi) is 5.83. The number of aliphatic carboxylic acids is 1. The smallest absolute Gasteiger partial charge is 0.317 e. The Morgan fingerprint density at radius 2 is 1.86 bits per heavy atom. The highest BCUT2D eigenvalue weighted by Crippen LogP contribution is 2.18. The van der Waals surface area contributed by atoms with Crippen LogP contribution in [0.5, 0.6) is 11.5 Å². The molecule has 1 aromatic rings. The Morgan fingerprint density at radius 1 is 1.19 bits per heavy atom. The fourth-order valence-corrected chi connectivity index (χ4v) is 2.35. The number of carboxylic acid groups (broad SMARTS) is 1. The Labute approximate surface area is 124 Å². The number of nitrogens with zero attached hydrogens (tertiary/aromatic N) is 2. The van der Waals surface area contributed by atoms with E-state index >= 15 is 0 Å². The van der Waals surface area contributed by atoms with Gasteiger partial charge in [-0.25, -0.2) is 0 Å². The van der Waals surface area contributed by atoms with Crippen molar-refractivity contribution in [3.05, 3.63) is 24.3 Å². The standard InChI is InChI=1S/C15H22N2O4/c1-20-13-3-2-4-14(11-13)21-10-9-16-5-7-17(8-6-16)12-15(18)19/h2-4,11H,5-10,12H2,1H3,(H,18,19). The van der Waals surface area contributed by atoms with E-state index in [1.54, 1.807) is 7.11 Å². The van der Waals surface area contributed by atoms with Crippen molar-refractivity contribution in [1.29, 1.82) is 0 Å². The van der Waals surface area contributed by atoms with E-state index in [1.165, 1.54) is 0 Å². The summed E-state index contributed by atoms with van der Waals surface area (Å²) in [6.45, 7) is 4.96. The average molecular weight is 294 g/mol. The average Bonchev–Trinajstić information content (AvgIpc) is 2.49. The van der Waals surface area contributed by atoms with E-state index < -0.39 is 5.97 Å². The third kappa shape index (κ3) is 5.24. The lowest BCUT2D eigenvalue weighted by atomic mass is 10.3. The van der Waals surface area contributed by atoms with Gasteiger partial charge in [0.15, 0.2) is 0 Å². The van der Waals surface area contributed by atoms with Crippen molar-refractivity contribution in [3.8, 4) is 11.5 Å². The first-order chi connectivity index (χ1) is 10.2. The van der Waals surface area contributed by atoms with Crippen LogP contribution in [0.1, 0.15) is 0 Å². The fourth-order valence-electron chi connectivity index (χ4n) is 2.35. The molecule has 2 rings (SSSR count). The summed E-state index contributed by atoms with van der Waals surface area (Å²) >= 11 is 0. The minimum atomic E-state index is -0.759. The molecule has 1 saturated heterocycles. The summed E-state index contributed by atoms with van der Waals surface area (Å²) in [5.41, 5.74) is 0. The van der Waals surface area contributed by atoms with Crippen LogP contribution in [0.25, 0.3) is 0 Å². The molecule has 1 N–H and O–H groups in total. The molecule has 6 heteroatoms. The van der Waals surface area contributed by atoms with Crippen molar-refractivity contribution in [3.63, 3.8) is 0 Å². The fraction of sp³-hybridized carbons (Fsp3) is 0.533. The largest absolute Gasteiger partial charge is 0.497 e. The first-order valence-corrected chi connectivity index (χ1v) is 7.11. The number of hydrogen-bond acceptors (Lipinski definition) is 5. The molecule has 0 aliphatic carbocycles. The lowest BCUT2D eigenvalue weighted by Gasteiger charge is -2.33. The normalized spacial score (nSPS) is 16.6. The van der Waals surface area contributed by atoms with Crippen LogP contribution in [0, 0.1) is 0 Å². The maximum atomic E-state index is 10.6. The zero-order chi connectivity index (χ0) is 15.1. The van der Waals surface area contributed by atoms with E-state index in [0.717, 1.165) is 44.2 Å². The molecular weight excluding hydrogens is 272 g/mol. The van der Waals surface area contributed by atoms with Crippen molar-refractivity contribution in [2.24, 2.45) is 0 Å². The maximum absolute atomic E-state index is 10.6. The van der Waals surface area contributed by atoms with Gasteiger partial charge in [0, 0.05) is 38.8 Å². The van der Waals surface area contributed by atoms with Crippen molar-refractivity contribution >= 4 is 5.97 Å². The van der Waals surface area contributed by atoms with E-state index in [0.29, 0.717) is 6.61 Å². The van der Waals surface area contributed by atoms with Gasteiger partial charge in [-0.15, -0.1) is 0 Å². The number of rotatable bonds is 7. The molecule has 0 bridgehead atoms. The van der Waals surface area contributed by atoms with Gasteiger partial charge in [0.2, 0.25) is 0 Å². The molecule has 6 nitrogen and oxygen atoms in total. The predicted octanol–water partition coefficient (Wildman–Crippen LogP) is 0.776. The van der Waals surface area contributed by atoms with Gasteiger partial charge in [0.25, 0.3) is 0 Å². The molecule has 0 radical (unpaired) electrons.